The van der Waals surface area contributed by atoms with Gasteiger partial charge in [-0.2, -0.15) is 5.10 Å². The minimum absolute atomic E-state index is 0.00658. The lowest BCUT2D eigenvalue weighted by Crippen LogP contribution is -2.54. The Kier molecular flexibility index (Phi) is 8.88. The molecule has 2 amide bonds. The number of aliphatic hydroxyl groups excluding tert-OH is 1. The Morgan fingerprint density at radius 3 is 2.35 bits per heavy atom. The minimum Gasteiger partial charge on any atom is -0.496 e. The molecule has 1 aliphatic heterocycles. The molecule has 3 aromatic rings. The number of pyridine rings is 1. The Bertz CT molecular complexity index is 1760. The number of aryl methyl sites for hydroxylation is 1. The van der Waals surface area contributed by atoms with Crippen LogP contribution in [0.25, 0.3) is 11.1 Å². The molecule has 5 aliphatic carbocycles. The van der Waals surface area contributed by atoms with Crippen LogP contribution in [0, 0.1) is 18.3 Å². The van der Waals surface area contributed by atoms with E-state index in [0.29, 0.717) is 44.6 Å². The first-order valence-corrected chi connectivity index (χ1v) is 19.2. The number of carbonyl (C=O) groups is 2. The number of likely N-dealkylation sites (tertiary alicyclic amines) is 1. The molecule has 0 unspecified atom stereocenters. The van der Waals surface area contributed by atoms with Crippen molar-refractivity contribution in [2.45, 2.75) is 127 Å². The molecule has 3 heterocycles. The molecule has 2 N–H and O–H groups in total. The second-order valence-corrected chi connectivity index (χ2v) is 16.8. The first kappa shape index (κ1) is 34.2. The van der Waals surface area contributed by atoms with Gasteiger partial charge in [-0.25, -0.2) is 9.78 Å². The summed E-state index contributed by atoms with van der Waals surface area (Å²) < 4.78 is 13.4. The summed E-state index contributed by atoms with van der Waals surface area (Å²) in [4.78, 5) is 32.6. The van der Waals surface area contributed by atoms with E-state index in [9.17, 15) is 14.7 Å². The molecule has 2 aromatic heterocycles. The fourth-order valence-electron chi connectivity index (χ4n) is 9.75. The number of hydrogen-bond acceptors (Lipinski definition) is 7. The van der Waals surface area contributed by atoms with Crippen LogP contribution in [0.4, 0.5) is 10.6 Å². The van der Waals surface area contributed by atoms with E-state index in [0.717, 1.165) is 61.0 Å². The number of β-amino-alcohol motifs (C(OH)–C–C–N with tert-alkyl or cyclic N) is 1. The van der Waals surface area contributed by atoms with Gasteiger partial charge in [0.2, 0.25) is 5.91 Å². The molecule has 6 fully saturated rings. The van der Waals surface area contributed by atoms with E-state index >= 15 is 0 Å². The molecule has 272 valence electrons. The number of rotatable bonds is 9. The van der Waals surface area contributed by atoms with Gasteiger partial charge >= 0.3 is 6.09 Å². The van der Waals surface area contributed by atoms with Gasteiger partial charge in [0.25, 0.3) is 0 Å². The fourth-order valence-corrected chi connectivity index (χ4v) is 9.75. The van der Waals surface area contributed by atoms with E-state index in [4.69, 9.17) is 19.6 Å². The fraction of sp³-hybridized carbons (Fsp3) is 0.610. The third kappa shape index (κ3) is 6.42. The lowest BCUT2D eigenvalue weighted by Gasteiger charge is -2.54. The first-order chi connectivity index (χ1) is 24.6. The highest BCUT2D eigenvalue weighted by Gasteiger charge is 2.50. The monoisotopic (exact) mass is 695 g/mol. The maximum Gasteiger partial charge on any atom is 0.410 e. The van der Waals surface area contributed by atoms with Crippen molar-refractivity contribution in [1.29, 1.82) is 0 Å². The number of fused-ring (bicyclic) bond motifs is 3. The molecule has 0 atom stereocenters. The summed E-state index contributed by atoms with van der Waals surface area (Å²) in [5, 5.41) is 17.7. The van der Waals surface area contributed by atoms with E-state index in [-0.39, 0.29) is 40.4 Å². The van der Waals surface area contributed by atoms with Gasteiger partial charge < -0.3 is 24.8 Å². The van der Waals surface area contributed by atoms with Gasteiger partial charge in [0.05, 0.1) is 38.0 Å². The van der Waals surface area contributed by atoms with Crippen molar-refractivity contribution in [1.82, 2.24) is 19.7 Å². The Hall–Kier alpha value is -3.92. The Balaban J connectivity index is 1.01. The summed E-state index contributed by atoms with van der Waals surface area (Å²) in [6, 6.07) is 8.87. The zero-order valence-corrected chi connectivity index (χ0v) is 30.5. The van der Waals surface area contributed by atoms with Gasteiger partial charge in [0, 0.05) is 29.4 Å². The van der Waals surface area contributed by atoms with Crippen LogP contribution >= 0.6 is 0 Å². The number of aliphatic hydroxyl groups is 1. The maximum absolute atomic E-state index is 13.9. The number of anilines is 1. The molecule has 1 saturated heterocycles. The van der Waals surface area contributed by atoms with Gasteiger partial charge in [0.15, 0.2) is 0 Å². The van der Waals surface area contributed by atoms with Crippen LogP contribution in [0.15, 0.2) is 42.9 Å². The number of carbonyl (C=O) groups excluding carboxylic acids is 2. The van der Waals surface area contributed by atoms with Crippen LogP contribution in [-0.2, 0) is 26.9 Å². The summed E-state index contributed by atoms with van der Waals surface area (Å²) >= 11 is 0. The Morgan fingerprint density at radius 1 is 1.00 bits per heavy atom. The number of ether oxygens (including phenoxy) is 2. The summed E-state index contributed by atoms with van der Waals surface area (Å²) in [5.74, 6) is 1.45. The predicted molar refractivity (Wildman–Crippen MR) is 195 cm³/mol. The van der Waals surface area contributed by atoms with Crippen LogP contribution in [-0.4, -0.2) is 69.2 Å². The number of methoxy groups -OCH3 is 1. The van der Waals surface area contributed by atoms with E-state index in [1.54, 1.807) is 7.11 Å². The van der Waals surface area contributed by atoms with Crippen molar-refractivity contribution in [3.8, 4) is 16.9 Å². The first-order valence-electron chi connectivity index (χ1n) is 19.2. The van der Waals surface area contributed by atoms with E-state index in [1.807, 2.05) is 12.4 Å². The van der Waals surface area contributed by atoms with Gasteiger partial charge in [-0.15, -0.1) is 0 Å². The predicted octanol–water partition coefficient (Wildman–Crippen LogP) is 7.31. The summed E-state index contributed by atoms with van der Waals surface area (Å²) in [6.07, 6.45) is 18.9. The highest BCUT2D eigenvalue weighted by molar-refractivity contribution is 5.93. The quantitative estimate of drug-likeness (QED) is 0.241. The largest absolute Gasteiger partial charge is 0.496 e. The van der Waals surface area contributed by atoms with Crippen LogP contribution in [0.5, 0.6) is 5.75 Å². The normalized spacial score (nSPS) is 28.4. The van der Waals surface area contributed by atoms with Gasteiger partial charge in [-0.1, -0.05) is 12.1 Å². The van der Waals surface area contributed by atoms with Gasteiger partial charge in [0.1, 0.15) is 17.7 Å². The average Bonchev–Trinajstić information content (AvgIpc) is 3.61. The Morgan fingerprint density at radius 2 is 1.73 bits per heavy atom. The number of aromatic nitrogens is 3. The Labute approximate surface area is 301 Å². The molecule has 0 radical (unpaired) electrons. The van der Waals surface area contributed by atoms with E-state index < -0.39 is 6.10 Å². The highest BCUT2D eigenvalue weighted by atomic mass is 16.6. The van der Waals surface area contributed by atoms with Crippen LogP contribution in [0.3, 0.4) is 0 Å². The third-order valence-corrected chi connectivity index (χ3v) is 13.6. The number of amides is 2. The molecule has 1 aromatic carbocycles. The van der Waals surface area contributed by atoms with Crippen molar-refractivity contribution in [2.24, 2.45) is 11.3 Å². The summed E-state index contributed by atoms with van der Waals surface area (Å²) in [5.41, 5.74) is 6.42. The summed E-state index contributed by atoms with van der Waals surface area (Å²) in [7, 11) is 1.74. The molecule has 0 spiro atoms. The van der Waals surface area contributed by atoms with E-state index in [2.05, 4.69) is 54.3 Å². The van der Waals surface area contributed by atoms with Crippen molar-refractivity contribution >= 4 is 17.8 Å². The minimum atomic E-state index is -0.454. The number of nitrogens with one attached hydrogen (secondary N) is 1. The molecule has 5 saturated carbocycles. The standard InChI is InChI=1S/C41H53N5O5/c1-27-21-30(7-10-35(27)50-3)41-17-14-40(15-18-41,16-19-41)22-34-33(29-23-43-46(24-29)39(2)12-4-13-39)11-20-42-36(34)44-37(48)28-5-8-32(9-6-28)51-38(49)45-25-31(47)26-45/h7,10-11,20-21,23-24,28,31-32,47H,4-6,8-9,12-19,22,25-26H2,1-3H3,(H,42,44,48). The molecule has 10 nitrogen and oxygen atoms in total. The SMILES string of the molecule is COc1ccc(C23CCC(Cc4c(-c5cnn(C6(C)CCC6)c5)ccnc4NC(=O)C4CCC(OC(=O)N5CC(O)C5)CC4)(CC2)CC3)cc1C. The van der Waals surface area contributed by atoms with Crippen molar-refractivity contribution in [3.05, 3.63) is 59.5 Å². The maximum atomic E-state index is 13.9. The number of benzene rings is 1. The molecular weight excluding hydrogens is 642 g/mol. The molecule has 10 heteroatoms. The molecule has 2 bridgehead atoms. The number of nitrogens with zero attached hydrogens (tertiary/aromatic N) is 4. The number of hydrogen-bond donors (Lipinski definition) is 2. The van der Waals surface area contributed by atoms with Crippen molar-refractivity contribution in [3.63, 3.8) is 0 Å². The van der Waals surface area contributed by atoms with Crippen molar-refractivity contribution in [2.75, 3.05) is 25.5 Å². The van der Waals surface area contributed by atoms with Crippen LogP contribution < -0.4 is 10.1 Å². The molecule has 51 heavy (non-hydrogen) atoms. The topological polar surface area (TPSA) is 119 Å². The van der Waals surface area contributed by atoms with Gasteiger partial charge in [-0.05, 0) is 143 Å². The third-order valence-electron chi connectivity index (χ3n) is 13.6. The molecular formula is C41H53N5O5. The smallest absolute Gasteiger partial charge is 0.410 e. The zero-order chi connectivity index (χ0) is 35.4. The van der Waals surface area contributed by atoms with Crippen LogP contribution in [0.1, 0.15) is 107 Å². The highest BCUT2D eigenvalue weighted by Crippen LogP contribution is 2.59. The lowest BCUT2D eigenvalue weighted by molar-refractivity contribution is -0.121. The zero-order valence-electron chi connectivity index (χ0n) is 30.5. The summed E-state index contributed by atoms with van der Waals surface area (Å²) in [6.45, 7) is 5.09. The average molecular weight is 696 g/mol. The molecule has 9 rings (SSSR count). The molecule has 6 aliphatic rings. The second-order valence-electron chi connectivity index (χ2n) is 16.8. The second kappa shape index (κ2) is 13.2. The van der Waals surface area contributed by atoms with Gasteiger partial charge in [-0.3, -0.25) is 9.48 Å². The van der Waals surface area contributed by atoms with Crippen LogP contribution in [0.2, 0.25) is 0 Å². The van der Waals surface area contributed by atoms with Crippen molar-refractivity contribution < 1.29 is 24.2 Å². The lowest BCUT2D eigenvalue weighted by atomic mass is 9.50. The van der Waals surface area contributed by atoms with E-state index in [1.165, 1.54) is 41.7 Å².